The van der Waals surface area contributed by atoms with E-state index in [1.165, 1.54) is 0 Å². The van der Waals surface area contributed by atoms with Crippen LogP contribution in [-0.4, -0.2) is 43.0 Å². The zero-order valence-electron chi connectivity index (χ0n) is 15.1. The molecule has 0 spiro atoms. The fraction of sp³-hybridized carbons (Fsp3) is 0.250. The van der Waals surface area contributed by atoms with Gasteiger partial charge in [0.15, 0.2) is 0 Å². The largest absolute Gasteiger partial charge is 0.350 e. The van der Waals surface area contributed by atoms with E-state index >= 15 is 0 Å². The number of aromatic nitrogens is 1. The summed E-state index contributed by atoms with van der Waals surface area (Å²) in [5.41, 5.74) is 2.73. The lowest BCUT2D eigenvalue weighted by atomic mass is 10.2. The summed E-state index contributed by atoms with van der Waals surface area (Å²) < 4.78 is 0. The van der Waals surface area contributed by atoms with Crippen LogP contribution >= 0.6 is 23.4 Å². The molecule has 1 aromatic heterocycles. The Morgan fingerprint density at radius 3 is 2.62 bits per heavy atom. The zero-order chi connectivity index (χ0) is 18.7. The standard InChI is InChI=1S/C20H22ClN3OS/c1-13-4-9-16-17(12-13)23-18(20(25)22-10-11-24(2)3)19(16)26-15-7-5-14(21)6-8-15/h4-9,12,23H,10-11H2,1-3H3,(H,22,25). The molecule has 1 heterocycles. The summed E-state index contributed by atoms with van der Waals surface area (Å²) in [6, 6.07) is 13.9. The summed E-state index contributed by atoms with van der Waals surface area (Å²) in [5.74, 6) is -0.0860. The molecule has 0 unspecified atom stereocenters. The quantitative estimate of drug-likeness (QED) is 0.651. The van der Waals surface area contributed by atoms with E-state index in [1.807, 2.05) is 50.2 Å². The third kappa shape index (κ3) is 4.41. The van der Waals surface area contributed by atoms with Crippen LogP contribution in [0.5, 0.6) is 0 Å². The average Bonchev–Trinajstić information content (AvgIpc) is 2.94. The fourth-order valence-electron chi connectivity index (χ4n) is 2.65. The minimum Gasteiger partial charge on any atom is -0.350 e. The van der Waals surface area contributed by atoms with Gasteiger partial charge in [0.1, 0.15) is 5.69 Å². The molecular weight excluding hydrogens is 366 g/mol. The van der Waals surface area contributed by atoms with Crippen molar-refractivity contribution >= 4 is 40.2 Å². The van der Waals surface area contributed by atoms with Gasteiger partial charge >= 0.3 is 0 Å². The first-order chi connectivity index (χ1) is 12.4. The normalized spacial score (nSPS) is 11.3. The van der Waals surface area contributed by atoms with Crippen LogP contribution in [0.4, 0.5) is 0 Å². The van der Waals surface area contributed by atoms with Crippen molar-refractivity contribution < 1.29 is 4.79 Å². The lowest BCUT2D eigenvalue weighted by molar-refractivity contribution is 0.0944. The number of nitrogens with zero attached hydrogens (tertiary/aromatic N) is 1. The van der Waals surface area contributed by atoms with Crippen molar-refractivity contribution in [3.05, 3.63) is 58.7 Å². The molecule has 2 N–H and O–H groups in total. The van der Waals surface area contributed by atoms with Gasteiger partial charge in [0.05, 0.1) is 4.90 Å². The topological polar surface area (TPSA) is 48.1 Å². The Morgan fingerprint density at radius 1 is 1.19 bits per heavy atom. The van der Waals surface area contributed by atoms with Crippen LogP contribution in [0.3, 0.4) is 0 Å². The number of hydrogen-bond acceptors (Lipinski definition) is 3. The van der Waals surface area contributed by atoms with Crippen LogP contribution in [0.2, 0.25) is 5.02 Å². The highest BCUT2D eigenvalue weighted by molar-refractivity contribution is 7.99. The Morgan fingerprint density at radius 2 is 1.92 bits per heavy atom. The molecule has 6 heteroatoms. The Kier molecular flexibility index (Phi) is 5.91. The Balaban J connectivity index is 1.95. The molecule has 0 saturated carbocycles. The number of rotatable bonds is 6. The molecule has 0 radical (unpaired) electrons. The Bertz CT molecular complexity index is 919. The van der Waals surface area contributed by atoms with E-state index in [0.717, 1.165) is 32.8 Å². The second kappa shape index (κ2) is 8.16. The maximum Gasteiger partial charge on any atom is 0.268 e. The van der Waals surface area contributed by atoms with Gasteiger partial charge in [-0.15, -0.1) is 0 Å². The summed E-state index contributed by atoms with van der Waals surface area (Å²) in [6.07, 6.45) is 0. The first-order valence-corrected chi connectivity index (χ1v) is 9.62. The number of nitrogens with one attached hydrogen (secondary N) is 2. The number of hydrogen-bond donors (Lipinski definition) is 2. The minimum atomic E-state index is -0.0860. The first-order valence-electron chi connectivity index (χ1n) is 8.42. The van der Waals surface area contributed by atoms with Crippen LogP contribution in [0, 0.1) is 6.92 Å². The lowest BCUT2D eigenvalue weighted by Gasteiger charge is -2.10. The van der Waals surface area contributed by atoms with Gasteiger partial charge < -0.3 is 15.2 Å². The van der Waals surface area contributed by atoms with Crippen molar-refractivity contribution in [3.8, 4) is 0 Å². The number of aryl methyl sites for hydroxylation is 1. The maximum atomic E-state index is 12.8. The number of carbonyl (C=O) groups is 1. The molecule has 2 aromatic carbocycles. The maximum absolute atomic E-state index is 12.8. The monoisotopic (exact) mass is 387 g/mol. The number of H-pyrrole nitrogens is 1. The number of benzene rings is 2. The van der Waals surface area contributed by atoms with Gasteiger partial charge in [-0.3, -0.25) is 4.79 Å². The molecule has 0 saturated heterocycles. The van der Waals surface area contributed by atoms with Crippen LogP contribution in [0.1, 0.15) is 16.1 Å². The van der Waals surface area contributed by atoms with Gasteiger partial charge in [0, 0.05) is 33.9 Å². The lowest BCUT2D eigenvalue weighted by Crippen LogP contribution is -2.31. The molecule has 4 nitrogen and oxygen atoms in total. The van der Waals surface area contributed by atoms with Crippen LogP contribution in [0.25, 0.3) is 10.9 Å². The van der Waals surface area contributed by atoms with Crippen LogP contribution in [-0.2, 0) is 0 Å². The molecule has 0 atom stereocenters. The third-order valence-corrected chi connectivity index (χ3v) is 5.40. The number of halogens is 1. The number of carbonyl (C=O) groups excluding carboxylic acids is 1. The number of fused-ring (bicyclic) bond motifs is 1. The van der Waals surface area contributed by atoms with Gasteiger partial charge in [-0.1, -0.05) is 35.5 Å². The van der Waals surface area contributed by atoms with E-state index in [9.17, 15) is 4.79 Å². The average molecular weight is 388 g/mol. The number of aromatic amines is 1. The highest BCUT2D eigenvalue weighted by Gasteiger charge is 2.19. The predicted octanol–water partition coefficient (Wildman–Crippen LogP) is 4.57. The highest BCUT2D eigenvalue weighted by Crippen LogP contribution is 2.37. The molecule has 0 bridgehead atoms. The second-order valence-corrected chi connectivity index (χ2v) is 8.01. The van der Waals surface area contributed by atoms with Gasteiger partial charge in [0.25, 0.3) is 5.91 Å². The number of likely N-dealkylation sites (N-methyl/N-ethyl adjacent to an activating group) is 1. The minimum absolute atomic E-state index is 0.0860. The molecule has 0 aliphatic heterocycles. The Labute approximate surface area is 162 Å². The van der Waals surface area contributed by atoms with Gasteiger partial charge in [-0.2, -0.15) is 0 Å². The molecule has 1 amide bonds. The highest BCUT2D eigenvalue weighted by atomic mass is 35.5. The van der Waals surface area contributed by atoms with Gasteiger partial charge in [-0.05, 0) is 56.9 Å². The van der Waals surface area contributed by atoms with E-state index in [1.54, 1.807) is 11.8 Å². The molecular formula is C20H22ClN3OS. The number of amides is 1. The summed E-state index contributed by atoms with van der Waals surface area (Å²) >= 11 is 7.56. The Hall–Kier alpha value is -1.95. The second-order valence-electron chi connectivity index (χ2n) is 6.49. The van der Waals surface area contributed by atoms with Crippen molar-refractivity contribution in [2.45, 2.75) is 16.7 Å². The van der Waals surface area contributed by atoms with Gasteiger partial charge in [0.2, 0.25) is 0 Å². The van der Waals surface area contributed by atoms with E-state index in [2.05, 4.69) is 28.5 Å². The van der Waals surface area contributed by atoms with E-state index in [4.69, 9.17) is 11.6 Å². The van der Waals surface area contributed by atoms with Gasteiger partial charge in [-0.25, -0.2) is 0 Å². The van der Waals surface area contributed by atoms with E-state index in [-0.39, 0.29) is 5.91 Å². The van der Waals surface area contributed by atoms with Crippen molar-refractivity contribution in [1.29, 1.82) is 0 Å². The summed E-state index contributed by atoms with van der Waals surface area (Å²) in [4.78, 5) is 20.1. The summed E-state index contributed by atoms with van der Waals surface area (Å²) in [5, 5.41) is 4.74. The van der Waals surface area contributed by atoms with Crippen LogP contribution < -0.4 is 5.32 Å². The molecule has 0 aliphatic carbocycles. The van der Waals surface area contributed by atoms with Crippen molar-refractivity contribution in [2.75, 3.05) is 27.2 Å². The summed E-state index contributed by atoms with van der Waals surface area (Å²) in [6.45, 7) is 3.44. The van der Waals surface area contributed by atoms with Crippen molar-refractivity contribution in [3.63, 3.8) is 0 Å². The SMILES string of the molecule is Cc1ccc2c(Sc3ccc(Cl)cc3)c(C(=O)NCCN(C)C)[nH]c2c1. The van der Waals surface area contributed by atoms with Crippen molar-refractivity contribution in [2.24, 2.45) is 0 Å². The molecule has 3 rings (SSSR count). The van der Waals surface area contributed by atoms with Crippen LogP contribution in [0.15, 0.2) is 52.3 Å². The molecule has 0 aliphatic rings. The molecule has 0 fully saturated rings. The van der Waals surface area contributed by atoms with E-state index in [0.29, 0.717) is 17.3 Å². The van der Waals surface area contributed by atoms with E-state index < -0.39 is 0 Å². The zero-order valence-corrected chi connectivity index (χ0v) is 16.7. The fourth-order valence-corrected chi connectivity index (χ4v) is 3.82. The molecule has 136 valence electrons. The first kappa shape index (κ1) is 18.8. The predicted molar refractivity (Wildman–Crippen MR) is 109 cm³/mol. The third-order valence-electron chi connectivity index (χ3n) is 4.01. The van der Waals surface area contributed by atoms with Crippen molar-refractivity contribution in [1.82, 2.24) is 15.2 Å². The summed E-state index contributed by atoms with van der Waals surface area (Å²) in [7, 11) is 3.97. The molecule has 3 aromatic rings. The molecule has 26 heavy (non-hydrogen) atoms. The smallest absolute Gasteiger partial charge is 0.268 e.